The summed E-state index contributed by atoms with van der Waals surface area (Å²) in [6.45, 7) is 0.956. The maximum atomic E-state index is 12.4. The van der Waals surface area contributed by atoms with Crippen LogP contribution in [0.3, 0.4) is 0 Å². The Morgan fingerprint density at radius 1 is 0.900 bits per heavy atom. The summed E-state index contributed by atoms with van der Waals surface area (Å²) in [4.78, 5) is 56.1. The topological polar surface area (TPSA) is 176 Å². The number of carboxylic acids is 2. The fourth-order valence-electron chi connectivity index (χ4n) is 2.71. The van der Waals surface area contributed by atoms with E-state index in [0.29, 0.717) is 30.1 Å². The Balaban J connectivity index is 0.000000333. The van der Waals surface area contributed by atoms with E-state index in [1.807, 2.05) is 12.1 Å². The number of carbonyl (C=O) groups is 4. The highest BCUT2D eigenvalue weighted by Crippen LogP contribution is 2.25. The van der Waals surface area contributed by atoms with Crippen molar-refractivity contribution in [1.29, 1.82) is 0 Å². The number of pyridine rings is 2. The highest BCUT2D eigenvalue weighted by atomic mass is 19.4. The molecule has 0 spiro atoms. The first-order valence-electron chi connectivity index (χ1n) is 10.5. The Kier molecular flexibility index (Phi) is 10.3. The van der Waals surface area contributed by atoms with Gasteiger partial charge in [0, 0.05) is 31.3 Å². The first kappa shape index (κ1) is 31.2. The average molecular weight is 577 g/mol. The molecule has 18 heteroatoms. The van der Waals surface area contributed by atoms with Gasteiger partial charge in [-0.25, -0.2) is 14.6 Å². The largest absolute Gasteiger partial charge is 0.490 e. The molecule has 1 aliphatic heterocycles. The van der Waals surface area contributed by atoms with Gasteiger partial charge in [-0.1, -0.05) is 0 Å². The predicted octanol–water partition coefficient (Wildman–Crippen LogP) is 2.82. The highest BCUT2D eigenvalue weighted by molar-refractivity contribution is 5.94. The summed E-state index contributed by atoms with van der Waals surface area (Å²) < 4.78 is 69.0. The maximum absolute atomic E-state index is 12.4. The van der Waals surface area contributed by atoms with Crippen molar-refractivity contribution in [3.63, 3.8) is 0 Å². The fourth-order valence-corrected chi connectivity index (χ4v) is 2.71. The molecule has 3 aromatic rings. The molecule has 3 aromatic heterocycles. The molecule has 0 saturated carbocycles. The highest BCUT2D eigenvalue weighted by Gasteiger charge is 2.39. The Morgan fingerprint density at radius 3 is 1.95 bits per heavy atom. The second-order valence-electron chi connectivity index (χ2n) is 7.44. The van der Waals surface area contributed by atoms with Crippen molar-refractivity contribution < 1.29 is 60.2 Å². The molecule has 0 unspecified atom stereocenters. The van der Waals surface area contributed by atoms with Crippen molar-refractivity contribution >= 4 is 23.8 Å². The molecule has 3 N–H and O–H groups in total. The van der Waals surface area contributed by atoms with Crippen LogP contribution in [0.2, 0.25) is 0 Å². The minimum atomic E-state index is -5.08. The normalized spacial score (nSPS) is 12.2. The molecule has 1 aliphatic rings. The zero-order chi connectivity index (χ0) is 30.1. The van der Waals surface area contributed by atoms with Gasteiger partial charge in [-0.05, 0) is 29.8 Å². The van der Waals surface area contributed by atoms with Gasteiger partial charge in [0.1, 0.15) is 11.5 Å². The van der Waals surface area contributed by atoms with E-state index in [4.69, 9.17) is 24.2 Å². The van der Waals surface area contributed by atoms with Crippen LogP contribution in [0.25, 0.3) is 0 Å². The first-order valence-corrected chi connectivity index (χ1v) is 10.5. The van der Waals surface area contributed by atoms with Gasteiger partial charge in [0.05, 0.1) is 18.7 Å². The summed E-state index contributed by atoms with van der Waals surface area (Å²) in [5, 5.41) is 17.0. The van der Waals surface area contributed by atoms with Crippen molar-refractivity contribution in [2.24, 2.45) is 0 Å². The van der Waals surface area contributed by atoms with Crippen LogP contribution >= 0.6 is 0 Å². The number of carboxylic acid groups (broad SMARTS) is 2. The van der Waals surface area contributed by atoms with Gasteiger partial charge < -0.3 is 24.8 Å². The molecule has 0 bridgehead atoms. The molecular formula is C22H17F6N5O7. The zero-order valence-electron chi connectivity index (χ0n) is 19.7. The average Bonchev–Trinajstić information content (AvgIpc) is 3.47. The lowest BCUT2D eigenvalue weighted by Gasteiger charge is -2.14. The number of oxazole rings is 1. The van der Waals surface area contributed by atoms with Crippen molar-refractivity contribution in [2.45, 2.75) is 32.0 Å². The summed E-state index contributed by atoms with van der Waals surface area (Å²) in [6, 6.07) is 7.06. The predicted molar refractivity (Wildman–Crippen MR) is 117 cm³/mol. The molecule has 0 aliphatic carbocycles. The van der Waals surface area contributed by atoms with Gasteiger partial charge in [-0.2, -0.15) is 26.3 Å². The van der Waals surface area contributed by atoms with Crippen molar-refractivity contribution in [3.8, 4) is 0 Å². The van der Waals surface area contributed by atoms with Gasteiger partial charge in [0.25, 0.3) is 11.8 Å². The van der Waals surface area contributed by atoms with Crippen molar-refractivity contribution in [3.05, 3.63) is 77.5 Å². The van der Waals surface area contributed by atoms with E-state index in [9.17, 15) is 35.9 Å². The molecule has 214 valence electrons. The summed E-state index contributed by atoms with van der Waals surface area (Å²) in [5.41, 5.74) is 2.05. The van der Waals surface area contributed by atoms with E-state index >= 15 is 0 Å². The number of hydrogen-bond donors (Lipinski definition) is 3. The van der Waals surface area contributed by atoms with E-state index in [2.05, 4.69) is 20.3 Å². The van der Waals surface area contributed by atoms with Gasteiger partial charge in [0.2, 0.25) is 0 Å². The molecule has 0 saturated heterocycles. The number of hydrogen-bond acceptors (Lipinski definition) is 8. The summed E-state index contributed by atoms with van der Waals surface area (Å²) in [6.07, 6.45) is -3.71. The number of nitrogens with zero attached hydrogens (tertiary/aromatic N) is 4. The Bertz CT molecular complexity index is 1280. The molecule has 0 atom stereocenters. The Morgan fingerprint density at radius 2 is 1.48 bits per heavy atom. The Labute approximate surface area is 219 Å². The number of carbonyl (C=O) groups excluding carboxylic acids is 2. The quantitative estimate of drug-likeness (QED) is 0.391. The smallest absolute Gasteiger partial charge is 0.475 e. The molecular weight excluding hydrogens is 560 g/mol. The monoisotopic (exact) mass is 577 g/mol. The molecule has 0 aromatic carbocycles. The third kappa shape index (κ3) is 9.37. The van der Waals surface area contributed by atoms with Gasteiger partial charge in [-0.3, -0.25) is 19.6 Å². The van der Waals surface area contributed by atoms with Crippen molar-refractivity contribution in [2.75, 3.05) is 0 Å². The van der Waals surface area contributed by atoms with E-state index in [1.54, 1.807) is 35.6 Å². The number of amides is 2. The number of aromatic nitrogens is 3. The van der Waals surface area contributed by atoms with Crippen LogP contribution in [-0.4, -0.2) is 66.2 Å². The minimum absolute atomic E-state index is 0.0116. The molecule has 4 heterocycles. The van der Waals surface area contributed by atoms with Crippen LogP contribution in [0.5, 0.6) is 0 Å². The molecule has 40 heavy (non-hydrogen) atoms. The standard InChI is InChI=1S/C18H15N5O3.2C2HF3O2/c24-16(21-8-12-3-6-19-7-4-12)17-22-14-10-23(11-15(14)26-17)18(25)13-2-1-5-20-9-13;2*3-2(4,5)1(6)7/h1-7,9H,8,10-11H2,(H,21,24);2*(H,6,7). The lowest BCUT2D eigenvalue weighted by atomic mass is 10.2. The maximum Gasteiger partial charge on any atom is 0.490 e. The Hall–Kier alpha value is -5.03. The van der Waals surface area contributed by atoms with E-state index in [1.165, 1.54) is 6.20 Å². The van der Waals surface area contributed by atoms with Crippen LogP contribution in [0, 0.1) is 0 Å². The van der Waals surface area contributed by atoms with Crippen LogP contribution < -0.4 is 5.32 Å². The third-order valence-corrected chi connectivity index (χ3v) is 4.53. The zero-order valence-corrected chi connectivity index (χ0v) is 19.7. The second-order valence-corrected chi connectivity index (χ2v) is 7.44. The second kappa shape index (κ2) is 13.2. The molecule has 0 radical (unpaired) electrons. The number of halogens is 6. The lowest BCUT2D eigenvalue weighted by molar-refractivity contribution is -0.193. The van der Waals surface area contributed by atoms with E-state index in [0.717, 1.165) is 5.56 Å². The summed E-state index contributed by atoms with van der Waals surface area (Å²) >= 11 is 0. The van der Waals surface area contributed by atoms with Crippen LogP contribution in [0.1, 0.15) is 38.1 Å². The lowest BCUT2D eigenvalue weighted by Crippen LogP contribution is -2.26. The molecule has 12 nitrogen and oxygen atoms in total. The molecule has 4 rings (SSSR count). The minimum Gasteiger partial charge on any atom is -0.475 e. The third-order valence-electron chi connectivity index (χ3n) is 4.53. The number of rotatable bonds is 4. The van der Waals surface area contributed by atoms with Crippen LogP contribution in [0.15, 0.2) is 53.5 Å². The van der Waals surface area contributed by atoms with Crippen molar-refractivity contribution in [1.82, 2.24) is 25.2 Å². The van der Waals surface area contributed by atoms with E-state index in [-0.39, 0.29) is 24.2 Å². The number of fused-ring (bicyclic) bond motifs is 1. The summed E-state index contributed by atoms with van der Waals surface area (Å²) in [7, 11) is 0. The fraction of sp³-hybridized carbons (Fsp3) is 0.227. The van der Waals surface area contributed by atoms with E-state index < -0.39 is 24.3 Å². The first-order chi connectivity index (χ1) is 18.6. The number of nitrogens with one attached hydrogen (secondary N) is 1. The SMILES string of the molecule is O=C(NCc1ccncc1)c1nc2c(o1)CN(C(=O)c1cccnc1)C2.O=C(O)C(F)(F)F.O=C(O)C(F)(F)F. The number of alkyl halides is 6. The van der Waals surface area contributed by atoms with Crippen LogP contribution in [-0.2, 0) is 29.2 Å². The molecule has 2 amide bonds. The number of aliphatic carboxylic acids is 2. The van der Waals surface area contributed by atoms with Crippen LogP contribution in [0.4, 0.5) is 26.3 Å². The van der Waals surface area contributed by atoms with Gasteiger partial charge >= 0.3 is 30.2 Å². The summed E-state index contributed by atoms with van der Waals surface area (Å²) in [5.74, 6) is -5.50. The van der Waals surface area contributed by atoms with Gasteiger partial charge in [0.15, 0.2) is 0 Å². The molecule has 0 fully saturated rings. The van der Waals surface area contributed by atoms with Gasteiger partial charge in [-0.15, -0.1) is 0 Å².